The van der Waals surface area contributed by atoms with Crippen molar-refractivity contribution in [3.8, 4) is 0 Å². The van der Waals surface area contributed by atoms with Crippen LogP contribution < -0.4 is 4.90 Å². The maximum Gasteiger partial charge on any atom is 0.251 e. The maximum atomic E-state index is 14.5. The van der Waals surface area contributed by atoms with Crippen molar-refractivity contribution in [2.24, 2.45) is 5.92 Å². The van der Waals surface area contributed by atoms with Crippen molar-refractivity contribution in [2.45, 2.75) is 13.3 Å². The van der Waals surface area contributed by atoms with E-state index in [-0.39, 0.29) is 30.3 Å². The minimum Gasteiger partial charge on any atom is -0.396 e. The van der Waals surface area contributed by atoms with Gasteiger partial charge in [0.1, 0.15) is 5.69 Å². The first-order chi connectivity index (χ1) is 9.93. The molecule has 1 aromatic rings. The van der Waals surface area contributed by atoms with Gasteiger partial charge < -0.3 is 14.9 Å². The zero-order valence-corrected chi connectivity index (χ0v) is 12.2. The predicted molar refractivity (Wildman–Crippen MR) is 73.8 cm³/mol. The molecule has 1 aromatic heterocycles. The molecule has 1 aliphatic heterocycles. The summed E-state index contributed by atoms with van der Waals surface area (Å²) in [5.41, 5.74) is -0.472. The third-order valence-electron chi connectivity index (χ3n) is 3.76. The number of likely N-dealkylation sites (N-methyl/N-ethyl adjacent to an activating group) is 1. The number of nitrogens with zero attached hydrogens (tertiary/aromatic N) is 3. The van der Waals surface area contributed by atoms with Gasteiger partial charge in [-0.25, -0.2) is 9.37 Å². The van der Waals surface area contributed by atoms with Gasteiger partial charge in [0.15, 0.2) is 5.82 Å². The smallest absolute Gasteiger partial charge is 0.251 e. The Morgan fingerprint density at radius 2 is 1.76 bits per heavy atom. The molecule has 1 aliphatic rings. The zero-order chi connectivity index (χ0) is 15.6. The number of pyridine rings is 1. The highest BCUT2D eigenvalue weighted by molar-refractivity contribution is 5.50. The Morgan fingerprint density at radius 1 is 1.14 bits per heavy atom. The molecule has 0 spiro atoms. The normalized spacial score (nSPS) is 18.1. The summed E-state index contributed by atoms with van der Waals surface area (Å²) in [4.78, 5) is 6.92. The second kappa shape index (κ2) is 6.62. The van der Waals surface area contributed by atoms with Crippen LogP contribution in [0.15, 0.2) is 0 Å². The largest absolute Gasteiger partial charge is 0.396 e. The van der Waals surface area contributed by atoms with Gasteiger partial charge in [0.2, 0.25) is 5.82 Å². The van der Waals surface area contributed by atoms with Gasteiger partial charge in [0.05, 0.1) is 5.69 Å². The number of piperazine rings is 1. The monoisotopic (exact) mass is 303 g/mol. The number of aromatic nitrogens is 1. The van der Waals surface area contributed by atoms with E-state index in [1.807, 2.05) is 11.9 Å². The molecule has 7 heteroatoms. The molecule has 1 fully saturated rings. The first-order valence-electron chi connectivity index (χ1n) is 7.01. The van der Waals surface area contributed by atoms with E-state index >= 15 is 0 Å². The number of hydrogen-bond acceptors (Lipinski definition) is 4. The number of aliphatic hydroxyl groups is 1. The third-order valence-corrected chi connectivity index (χ3v) is 3.76. The van der Waals surface area contributed by atoms with Crippen molar-refractivity contribution in [3.63, 3.8) is 0 Å². The molecule has 0 bridgehead atoms. The molecule has 0 saturated carbocycles. The summed E-state index contributed by atoms with van der Waals surface area (Å²) in [6.07, 6.45) is 0.0697. The Kier molecular flexibility index (Phi) is 5.05. The SMILES string of the molecule is C[C@@H](CO)Cc1nc(F)c(F)c(N2CCN(C)CC2)c1F. The van der Waals surface area contributed by atoms with Crippen LogP contribution in [0.5, 0.6) is 0 Å². The quantitative estimate of drug-likeness (QED) is 0.854. The minimum atomic E-state index is -1.29. The van der Waals surface area contributed by atoms with E-state index in [0.29, 0.717) is 26.2 Å². The molecule has 1 N–H and O–H groups in total. The second-order valence-corrected chi connectivity index (χ2v) is 5.61. The molecule has 2 rings (SSSR count). The lowest BCUT2D eigenvalue weighted by molar-refractivity contribution is 0.234. The lowest BCUT2D eigenvalue weighted by atomic mass is 10.0. The van der Waals surface area contributed by atoms with Crippen molar-refractivity contribution < 1.29 is 18.3 Å². The fraction of sp³-hybridized carbons (Fsp3) is 0.643. The van der Waals surface area contributed by atoms with Gasteiger partial charge in [-0.15, -0.1) is 0 Å². The van der Waals surface area contributed by atoms with Crippen LogP contribution in [0.3, 0.4) is 0 Å². The summed E-state index contributed by atoms with van der Waals surface area (Å²) >= 11 is 0. The van der Waals surface area contributed by atoms with Crippen molar-refractivity contribution in [2.75, 3.05) is 44.7 Å². The highest BCUT2D eigenvalue weighted by Crippen LogP contribution is 2.28. The van der Waals surface area contributed by atoms with E-state index in [9.17, 15) is 13.2 Å². The van der Waals surface area contributed by atoms with Crippen molar-refractivity contribution in [1.82, 2.24) is 9.88 Å². The highest BCUT2D eigenvalue weighted by atomic mass is 19.2. The lowest BCUT2D eigenvalue weighted by Gasteiger charge is -2.34. The molecule has 0 aliphatic carbocycles. The summed E-state index contributed by atoms with van der Waals surface area (Å²) in [6.45, 7) is 3.71. The Morgan fingerprint density at radius 3 is 2.33 bits per heavy atom. The molecule has 1 atom stereocenters. The van der Waals surface area contributed by atoms with Crippen LogP contribution in [0.2, 0.25) is 0 Å². The van der Waals surface area contributed by atoms with Gasteiger partial charge in [-0.05, 0) is 19.4 Å². The minimum absolute atomic E-state index is 0.0697. The molecule has 0 amide bonds. The van der Waals surface area contributed by atoms with Gasteiger partial charge in [-0.2, -0.15) is 8.78 Å². The van der Waals surface area contributed by atoms with Crippen LogP contribution in [-0.4, -0.2) is 54.8 Å². The number of hydrogen-bond donors (Lipinski definition) is 1. The van der Waals surface area contributed by atoms with Crippen LogP contribution in [0.1, 0.15) is 12.6 Å². The lowest BCUT2D eigenvalue weighted by Crippen LogP contribution is -2.45. The zero-order valence-electron chi connectivity index (χ0n) is 12.2. The van der Waals surface area contributed by atoms with E-state index in [2.05, 4.69) is 4.98 Å². The van der Waals surface area contributed by atoms with E-state index in [4.69, 9.17) is 5.11 Å². The summed E-state index contributed by atoms with van der Waals surface area (Å²) in [6, 6.07) is 0. The standard InChI is InChI=1S/C14H20F3N3O/c1-9(8-21)7-10-11(15)13(12(16)14(17)18-10)20-5-3-19(2)4-6-20/h9,21H,3-8H2,1-2H3/t9-/m1/s1. The molecule has 0 radical (unpaired) electrons. The molecule has 21 heavy (non-hydrogen) atoms. The van der Waals surface area contributed by atoms with Gasteiger partial charge in [-0.1, -0.05) is 6.92 Å². The molecule has 118 valence electrons. The second-order valence-electron chi connectivity index (χ2n) is 5.61. The average Bonchev–Trinajstić information content (AvgIpc) is 2.46. The Bertz CT molecular complexity index is 505. The van der Waals surface area contributed by atoms with Gasteiger partial charge in [-0.3, -0.25) is 0 Å². The van der Waals surface area contributed by atoms with Crippen LogP contribution in [0, 0.1) is 23.5 Å². The number of anilines is 1. The number of rotatable bonds is 4. The molecule has 0 unspecified atom stereocenters. The van der Waals surface area contributed by atoms with E-state index in [0.717, 1.165) is 0 Å². The third kappa shape index (κ3) is 3.47. The summed E-state index contributed by atoms with van der Waals surface area (Å²) in [5, 5.41) is 9.02. The summed E-state index contributed by atoms with van der Waals surface area (Å²) in [7, 11) is 1.92. The van der Waals surface area contributed by atoms with Gasteiger partial charge >= 0.3 is 0 Å². The Balaban J connectivity index is 2.35. The summed E-state index contributed by atoms with van der Waals surface area (Å²) < 4.78 is 42.1. The van der Waals surface area contributed by atoms with Crippen LogP contribution in [-0.2, 0) is 6.42 Å². The van der Waals surface area contributed by atoms with Gasteiger partial charge in [0, 0.05) is 32.8 Å². The molecular formula is C14H20F3N3O. The maximum absolute atomic E-state index is 14.5. The van der Waals surface area contributed by atoms with Gasteiger partial charge in [0.25, 0.3) is 5.95 Å². The van der Waals surface area contributed by atoms with Crippen molar-refractivity contribution >= 4 is 5.69 Å². The van der Waals surface area contributed by atoms with Crippen LogP contribution >= 0.6 is 0 Å². The topological polar surface area (TPSA) is 39.6 Å². The van der Waals surface area contributed by atoms with Crippen LogP contribution in [0.25, 0.3) is 0 Å². The average molecular weight is 303 g/mol. The number of halogens is 3. The first kappa shape index (κ1) is 16.0. The Hall–Kier alpha value is -1.34. The highest BCUT2D eigenvalue weighted by Gasteiger charge is 2.27. The van der Waals surface area contributed by atoms with E-state index in [1.54, 1.807) is 6.92 Å². The molecular weight excluding hydrogens is 283 g/mol. The van der Waals surface area contributed by atoms with Crippen molar-refractivity contribution in [3.05, 3.63) is 23.3 Å². The van der Waals surface area contributed by atoms with E-state index in [1.165, 1.54) is 4.90 Å². The predicted octanol–water partition coefficient (Wildman–Crippen LogP) is 1.42. The summed E-state index contributed by atoms with van der Waals surface area (Å²) in [5.74, 6) is -3.61. The molecule has 1 saturated heterocycles. The number of aliphatic hydroxyl groups excluding tert-OH is 1. The molecule has 0 aromatic carbocycles. The molecule has 4 nitrogen and oxygen atoms in total. The first-order valence-corrected chi connectivity index (χ1v) is 7.01. The Labute approximate surface area is 122 Å². The fourth-order valence-electron chi connectivity index (χ4n) is 2.38. The van der Waals surface area contributed by atoms with Crippen LogP contribution in [0.4, 0.5) is 18.9 Å². The molecule has 2 heterocycles. The fourth-order valence-corrected chi connectivity index (χ4v) is 2.38. The van der Waals surface area contributed by atoms with E-state index < -0.39 is 17.6 Å². The van der Waals surface area contributed by atoms with Crippen molar-refractivity contribution in [1.29, 1.82) is 0 Å².